The number of amides is 1. The molecule has 1 aromatic rings. The largest absolute Gasteiger partial charge is 0.320 e. The van der Waals surface area contributed by atoms with E-state index in [1.54, 1.807) is 6.07 Å². The van der Waals surface area contributed by atoms with Gasteiger partial charge in [0.25, 0.3) is 15.9 Å². The van der Waals surface area contributed by atoms with Gasteiger partial charge in [-0.25, -0.2) is 13.4 Å². The summed E-state index contributed by atoms with van der Waals surface area (Å²) in [6.45, 7) is 2.95. The number of anilines is 1. The number of sulfonamides is 1. The first kappa shape index (κ1) is 13.5. The molecule has 7 heteroatoms. The summed E-state index contributed by atoms with van der Waals surface area (Å²) in [6, 6.07) is 3.07. The Labute approximate surface area is 111 Å². The second-order valence-electron chi connectivity index (χ2n) is 4.49. The van der Waals surface area contributed by atoms with E-state index in [1.165, 1.54) is 26.1 Å². The molecule has 0 radical (unpaired) electrons. The molecule has 1 saturated heterocycles. The first-order chi connectivity index (χ1) is 8.82. The molecular formula is C12H13N3O3S. The summed E-state index contributed by atoms with van der Waals surface area (Å²) in [5.74, 6) is 4.98. The molecule has 100 valence electrons. The van der Waals surface area contributed by atoms with Crippen LogP contribution in [0.5, 0.6) is 0 Å². The molecule has 2 heterocycles. The van der Waals surface area contributed by atoms with E-state index in [4.69, 9.17) is 5.73 Å². The maximum absolute atomic E-state index is 12.0. The van der Waals surface area contributed by atoms with Crippen LogP contribution in [-0.2, 0) is 14.8 Å². The Morgan fingerprint density at radius 1 is 1.47 bits per heavy atom. The maximum atomic E-state index is 12.0. The van der Waals surface area contributed by atoms with E-state index in [9.17, 15) is 13.2 Å². The highest BCUT2D eigenvalue weighted by Crippen LogP contribution is 2.38. The predicted molar refractivity (Wildman–Crippen MR) is 70.7 cm³/mol. The van der Waals surface area contributed by atoms with Gasteiger partial charge in [-0.1, -0.05) is 11.8 Å². The summed E-state index contributed by atoms with van der Waals surface area (Å²) in [5, 5.41) is 0. The highest BCUT2D eigenvalue weighted by atomic mass is 32.2. The van der Waals surface area contributed by atoms with Crippen LogP contribution in [0.15, 0.2) is 18.3 Å². The molecule has 1 amide bonds. The predicted octanol–water partition coefficient (Wildman–Crippen LogP) is -0.153. The number of nitrogens with two attached hydrogens (primary N) is 1. The fourth-order valence-electron chi connectivity index (χ4n) is 1.64. The summed E-state index contributed by atoms with van der Waals surface area (Å²) in [7, 11) is -3.69. The molecule has 1 fully saturated rings. The van der Waals surface area contributed by atoms with E-state index in [0.29, 0.717) is 9.87 Å². The fourth-order valence-corrected chi connectivity index (χ4v) is 3.07. The lowest BCUT2D eigenvalue weighted by Crippen LogP contribution is -2.67. The number of hydrogen-bond donors (Lipinski definition) is 1. The smallest absolute Gasteiger partial charge is 0.264 e. The van der Waals surface area contributed by atoms with Crippen LogP contribution in [0.2, 0.25) is 0 Å². The van der Waals surface area contributed by atoms with Gasteiger partial charge < -0.3 is 5.73 Å². The number of hydrogen-bond acceptors (Lipinski definition) is 5. The van der Waals surface area contributed by atoms with Gasteiger partial charge in [0.05, 0.1) is 6.54 Å². The Hall–Kier alpha value is -1.91. The lowest BCUT2D eigenvalue weighted by molar-refractivity contribution is -0.120. The van der Waals surface area contributed by atoms with Gasteiger partial charge in [-0.2, -0.15) is 4.31 Å². The Bertz CT molecular complexity index is 698. The van der Waals surface area contributed by atoms with Crippen LogP contribution in [0.1, 0.15) is 19.4 Å². The SMILES string of the molecule is CC1(C)C(=O)N(c2cc(C#CCN)ccn2)S1(=O)=O. The zero-order valence-electron chi connectivity index (χ0n) is 10.5. The van der Waals surface area contributed by atoms with Gasteiger partial charge in [0.15, 0.2) is 10.6 Å². The number of carbonyl (C=O) groups excluding carboxylic acids is 1. The zero-order valence-corrected chi connectivity index (χ0v) is 11.4. The monoisotopic (exact) mass is 279 g/mol. The third-order valence-electron chi connectivity index (χ3n) is 2.87. The summed E-state index contributed by atoms with van der Waals surface area (Å²) in [6.07, 6.45) is 1.41. The molecule has 1 aliphatic rings. The van der Waals surface area contributed by atoms with Crippen LogP contribution in [-0.4, -0.2) is 30.6 Å². The van der Waals surface area contributed by atoms with Crippen molar-refractivity contribution in [2.45, 2.75) is 18.6 Å². The number of aromatic nitrogens is 1. The second kappa shape index (κ2) is 4.33. The van der Waals surface area contributed by atoms with E-state index < -0.39 is 20.7 Å². The molecule has 2 rings (SSSR count). The van der Waals surface area contributed by atoms with Crippen molar-refractivity contribution in [1.82, 2.24) is 4.98 Å². The van der Waals surface area contributed by atoms with Crippen LogP contribution in [0.4, 0.5) is 5.82 Å². The molecule has 1 aromatic heterocycles. The van der Waals surface area contributed by atoms with Crippen LogP contribution in [0.3, 0.4) is 0 Å². The molecule has 1 aliphatic heterocycles. The van der Waals surface area contributed by atoms with E-state index >= 15 is 0 Å². The Balaban J connectivity index is 2.43. The summed E-state index contributed by atoms with van der Waals surface area (Å²) < 4.78 is 23.3. The quantitative estimate of drug-likeness (QED) is 0.721. The van der Waals surface area contributed by atoms with Crippen molar-refractivity contribution in [1.29, 1.82) is 0 Å². The van der Waals surface area contributed by atoms with Crippen LogP contribution >= 0.6 is 0 Å². The normalized spacial score (nSPS) is 19.3. The Morgan fingerprint density at radius 3 is 2.74 bits per heavy atom. The van der Waals surface area contributed by atoms with E-state index in [1.807, 2.05) is 0 Å². The molecule has 2 N–H and O–H groups in total. The van der Waals surface area contributed by atoms with Crippen LogP contribution in [0, 0.1) is 11.8 Å². The number of carbonyl (C=O) groups is 1. The maximum Gasteiger partial charge on any atom is 0.264 e. The molecule has 0 aliphatic carbocycles. The van der Waals surface area contributed by atoms with Gasteiger partial charge in [-0.3, -0.25) is 4.79 Å². The van der Waals surface area contributed by atoms with Crippen molar-refractivity contribution in [3.05, 3.63) is 23.9 Å². The molecular weight excluding hydrogens is 266 g/mol. The van der Waals surface area contributed by atoms with Crippen molar-refractivity contribution in [2.75, 3.05) is 10.8 Å². The van der Waals surface area contributed by atoms with Gasteiger partial charge in [-0.05, 0) is 26.0 Å². The van der Waals surface area contributed by atoms with Crippen LogP contribution < -0.4 is 10.0 Å². The van der Waals surface area contributed by atoms with Crippen molar-refractivity contribution < 1.29 is 13.2 Å². The van der Waals surface area contributed by atoms with Crippen molar-refractivity contribution in [3.63, 3.8) is 0 Å². The average molecular weight is 279 g/mol. The Morgan fingerprint density at radius 2 is 2.16 bits per heavy atom. The lowest BCUT2D eigenvalue weighted by Gasteiger charge is -2.42. The topological polar surface area (TPSA) is 93.4 Å². The molecule has 19 heavy (non-hydrogen) atoms. The highest BCUT2D eigenvalue weighted by Gasteiger charge is 2.61. The van der Waals surface area contributed by atoms with E-state index in [-0.39, 0.29) is 12.4 Å². The first-order valence-electron chi connectivity index (χ1n) is 5.56. The minimum Gasteiger partial charge on any atom is -0.320 e. The Kier molecular flexibility index (Phi) is 3.08. The minimum absolute atomic E-state index is 0.0631. The van der Waals surface area contributed by atoms with Gasteiger partial charge in [0.1, 0.15) is 0 Å². The first-order valence-corrected chi connectivity index (χ1v) is 7.00. The third-order valence-corrected chi connectivity index (χ3v) is 5.17. The number of pyridine rings is 1. The second-order valence-corrected chi connectivity index (χ2v) is 6.83. The number of rotatable bonds is 1. The van der Waals surface area contributed by atoms with Gasteiger partial charge in [0.2, 0.25) is 0 Å². The zero-order chi connectivity index (χ0) is 14.3. The van der Waals surface area contributed by atoms with Crippen LogP contribution in [0.25, 0.3) is 0 Å². The van der Waals surface area contributed by atoms with E-state index in [2.05, 4.69) is 16.8 Å². The van der Waals surface area contributed by atoms with Gasteiger partial charge in [0, 0.05) is 11.8 Å². The molecule has 0 spiro atoms. The molecule has 0 saturated carbocycles. The third kappa shape index (κ3) is 1.89. The van der Waals surface area contributed by atoms with Crippen molar-refractivity contribution in [2.24, 2.45) is 5.73 Å². The van der Waals surface area contributed by atoms with Gasteiger partial charge in [-0.15, -0.1) is 0 Å². The summed E-state index contributed by atoms with van der Waals surface area (Å²) in [4.78, 5) is 15.8. The van der Waals surface area contributed by atoms with Crippen molar-refractivity contribution in [3.8, 4) is 11.8 Å². The lowest BCUT2D eigenvalue weighted by atomic mass is 10.2. The van der Waals surface area contributed by atoms with Crippen molar-refractivity contribution >= 4 is 21.7 Å². The fraction of sp³-hybridized carbons (Fsp3) is 0.333. The average Bonchev–Trinajstić information content (AvgIpc) is 2.36. The van der Waals surface area contributed by atoms with E-state index in [0.717, 1.165) is 0 Å². The summed E-state index contributed by atoms with van der Waals surface area (Å²) >= 11 is 0. The standard InChI is InChI=1S/C12H13N3O3S/c1-12(2)11(16)15(19(12,17)18)10-8-9(4-3-6-13)5-7-14-10/h5,7-8H,6,13H2,1-2H3. The molecule has 0 atom stereocenters. The molecule has 0 unspecified atom stereocenters. The number of nitrogens with zero attached hydrogens (tertiary/aromatic N) is 2. The highest BCUT2D eigenvalue weighted by molar-refractivity contribution is 7.98. The minimum atomic E-state index is -3.69. The summed E-state index contributed by atoms with van der Waals surface area (Å²) in [5.41, 5.74) is 5.82. The van der Waals surface area contributed by atoms with Gasteiger partial charge >= 0.3 is 0 Å². The molecule has 6 nitrogen and oxygen atoms in total. The molecule has 0 aromatic carbocycles. The molecule has 0 bridgehead atoms.